The summed E-state index contributed by atoms with van der Waals surface area (Å²) in [5.41, 5.74) is 6.11. The maximum absolute atomic E-state index is 12.5. The number of esters is 1. The zero-order chi connectivity index (χ0) is 19.0. The molecule has 1 amide bonds. The first-order valence-corrected chi connectivity index (χ1v) is 7.42. The van der Waals surface area contributed by atoms with E-state index < -0.39 is 37.3 Å². The summed E-state index contributed by atoms with van der Waals surface area (Å²) in [7, 11) is 4.10. The van der Waals surface area contributed by atoms with Gasteiger partial charge in [-0.25, -0.2) is 8.78 Å². The first kappa shape index (κ1) is 20.6. The second-order valence-electron chi connectivity index (χ2n) is 5.22. The lowest BCUT2D eigenvalue weighted by atomic mass is 10.1. The van der Waals surface area contributed by atoms with E-state index >= 15 is 0 Å². The average molecular weight is 360 g/mol. The van der Waals surface area contributed by atoms with Gasteiger partial charge in [-0.1, -0.05) is 0 Å². The van der Waals surface area contributed by atoms with Crippen molar-refractivity contribution in [3.8, 4) is 11.5 Å². The van der Waals surface area contributed by atoms with Crippen LogP contribution in [0.2, 0.25) is 0 Å². The molecule has 25 heavy (non-hydrogen) atoms. The van der Waals surface area contributed by atoms with Gasteiger partial charge in [-0.3, -0.25) is 9.59 Å². The van der Waals surface area contributed by atoms with Crippen LogP contribution in [-0.2, 0) is 20.9 Å². The topological polar surface area (TPSA) is 91.1 Å². The summed E-state index contributed by atoms with van der Waals surface area (Å²) in [5.74, 6) is -0.492. The lowest BCUT2D eigenvalue weighted by molar-refractivity contribution is -0.148. The second kappa shape index (κ2) is 9.77. The van der Waals surface area contributed by atoms with Gasteiger partial charge in [0.05, 0.1) is 27.4 Å². The minimum atomic E-state index is -2.73. The summed E-state index contributed by atoms with van der Waals surface area (Å²) >= 11 is 0. The molecule has 0 spiro atoms. The standard InChI is InChI=1S/C16H22F2N2O5/c1-23-11-4-10(5-12(6-11)24-2)8-20(9-15(21)25-3)16(22)13(19)7-14(17)18/h4-6,13-14H,7-9,19H2,1-3H3. The van der Waals surface area contributed by atoms with Crippen molar-refractivity contribution in [2.75, 3.05) is 27.9 Å². The lowest BCUT2D eigenvalue weighted by Gasteiger charge is -2.25. The van der Waals surface area contributed by atoms with Crippen molar-refractivity contribution in [3.05, 3.63) is 23.8 Å². The number of hydrogen-bond donors (Lipinski definition) is 1. The maximum Gasteiger partial charge on any atom is 0.325 e. The molecule has 1 aromatic rings. The molecule has 1 atom stereocenters. The van der Waals surface area contributed by atoms with Crippen LogP contribution in [0.1, 0.15) is 12.0 Å². The van der Waals surface area contributed by atoms with Gasteiger partial charge in [0, 0.05) is 19.0 Å². The van der Waals surface area contributed by atoms with Gasteiger partial charge in [-0.15, -0.1) is 0 Å². The Morgan fingerprint density at radius 2 is 1.68 bits per heavy atom. The zero-order valence-electron chi connectivity index (χ0n) is 14.3. The summed E-state index contributed by atoms with van der Waals surface area (Å²) in [5, 5.41) is 0. The second-order valence-corrected chi connectivity index (χ2v) is 5.22. The number of carbonyl (C=O) groups is 2. The highest BCUT2D eigenvalue weighted by Gasteiger charge is 2.26. The Kier molecular flexibility index (Phi) is 8.06. The molecule has 9 heteroatoms. The highest BCUT2D eigenvalue weighted by atomic mass is 19.3. The van der Waals surface area contributed by atoms with Gasteiger partial charge in [0.15, 0.2) is 0 Å². The number of amides is 1. The fourth-order valence-electron chi connectivity index (χ4n) is 2.14. The molecular formula is C16H22F2N2O5. The molecule has 7 nitrogen and oxygen atoms in total. The number of methoxy groups -OCH3 is 3. The number of rotatable bonds is 9. The van der Waals surface area contributed by atoms with Crippen molar-refractivity contribution in [2.45, 2.75) is 25.4 Å². The van der Waals surface area contributed by atoms with Crippen LogP contribution >= 0.6 is 0 Å². The Balaban J connectivity index is 3.04. The maximum atomic E-state index is 12.5. The first-order chi connectivity index (χ1) is 11.8. The van der Waals surface area contributed by atoms with Crippen LogP contribution < -0.4 is 15.2 Å². The number of alkyl halides is 2. The zero-order valence-corrected chi connectivity index (χ0v) is 14.3. The van der Waals surface area contributed by atoms with Crippen LogP contribution in [0.15, 0.2) is 18.2 Å². The van der Waals surface area contributed by atoms with E-state index in [-0.39, 0.29) is 6.54 Å². The molecule has 2 N–H and O–H groups in total. The number of benzene rings is 1. The number of ether oxygens (including phenoxy) is 3. The minimum absolute atomic E-state index is 0.0432. The van der Waals surface area contributed by atoms with Crippen molar-refractivity contribution < 1.29 is 32.6 Å². The summed E-state index contributed by atoms with van der Waals surface area (Å²) in [4.78, 5) is 25.0. The molecule has 1 rings (SSSR count). The molecule has 0 aliphatic heterocycles. The minimum Gasteiger partial charge on any atom is -0.497 e. The molecule has 140 valence electrons. The molecule has 0 saturated carbocycles. The van der Waals surface area contributed by atoms with E-state index in [0.717, 1.165) is 4.90 Å². The van der Waals surface area contributed by atoms with Crippen LogP contribution in [0, 0.1) is 0 Å². The number of nitrogens with two attached hydrogens (primary N) is 1. The predicted molar refractivity (Wildman–Crippen MR) is 85.6 cm³/mol. The van der Waals surface area contributed by atoms with Gasteiger partial charge < -0.3 is 24.8 Å². The molecule has 1 unspecified atom stereocenters. The van der Waals surface area contributed by atoms with Crippen LogP contribution in [0.5, 0.6) is 11.5 Å². The van der Waals surface area contributed by atoms with Gasteiger partial charge in [-0.05, 0) is 17.7 Å². The fourth-order valence-corrected chi connectivity index (χ4v) is 2.14. The third kappa shape index (κ3) is 6.54. The van der Waals surface area contributed by atoms with Gasteiger partial charge >= 0.3 is 5.97 Å². The average Bonchev–Trinajstić information content (AvgIpc) is 2.59. The van der Waals surface area contributed by atoms with Crippen molar-refractivity contribution >= 4 is 11.9 Å². The first-order valence-electron chi connectivity index (χ1n) is 7.42. The quantitative estimate of drug-likeness (QED) is 0.665. The lowest BCUT2D eigenvalue weighted by Crippen LogP contribution is -2.46. The van der Waals surface area contributed by atoms with Gasteiger partial charge in [0.1, 0.15) is 18.0 Å². The molecule has 0 radical (unpaired) electrons. The molecule has 0 saturated heterocycles. The fraction of sp³-hybridized carbons (Fsp3) is 0.500. The summed E-state index contributed by atoms with van der Waals surface area (Å²) in [6, 6.07) is 3.49. The van der Waals surface area contributed by atoms with Crippen molar-refractivity contribution in [1.29, 1.82) is 0 Å². The van der Waals surface area contributed by atoms with E-state index in [1.54, 1.807) is 18.2 Å². The molecular weight excluding hydrogens is 338 g/mol. The molecule has 0 heterocycles. The van der Waals surface area contributed by atoms with E-state index in [1.807, 2.05) is 0 Å². The van der Waals surface area contributed by atoms with Crippen molar-refractivity contribution in [1.82, 2.24) is 4.90 Å². The SMILES string of the molecule is COC(=O)CN(Cc1cc(OC)cc(OC)c1)C(=O)C(N)CC(F)F. The smallest absolute Gasteiger partial charge is 0.325 e. The molecule has 0 aliphatic carbocycles. The van der Waals surface area contributed by atoms with E-state index in [4.69, 9.17) is 15.2 Å². The highest BCUT2D eigenvalue weighted by Crippen LogP contribution is 2.23. The normalized spacial score (nSPS) is 11.8. The predicted octanol–water partition coefficient (Wildman–Crippen LogP) is 1.19. The third-order valence-corrected chi connectivity index (χ3v) is 3.39. The number of halogens is 2. The van der Waals surface area contributed by atoms with Crippen LogP contribution in [0.4, 0.5) is 8.78 Å². The Morgan fingerprint density at radius 3 is 2.12 bits per heavy atom. The summed E-state index contributed by atoms with van der Waals surface area (Å²) in [6.07, 6.45) is -3.52. The third-order valence-electron chi connectivity index (χ3n) is 3.39. The molecule has 0 aliphatic rings. The monoisotopic (exact) mass is 360 g/mol. The Bertz CT molecular complexity index is 576. The number of hydrogen-bond acceptors (Lipinski definition) is 6. The van der Waals surface area contributed by atoms with E-state index in [9.17, 15) is 18.4 Å². The van der Waals surface area contributed by atoms with E-state index in [1.165, 1.54) is 21.3 Å². The van der Waals surface area contributed by atoms with E-state index in [0.29, 0.717) is 17.1 Å². The van der Waals surface area contributed by atoms with Gasteiger partial charge in [-0.2, -0.15) is 0 Å². The van der Waals surface area contributed by atoms with E-state index in [2.05, 4.69) is 4.74 Å². The van der Waals surface area contributed by atoms with Crippen molar-refractivity contribution in [2.24, 2.45) is 5.73 Å². The summed E-state index contributed by atoms with van der Waals surface area (Å²) in [6.45, 7) is -0.454. The molecule has 0 fully saturated rings. The van der Waals surface area contributed by atoms with Crippen LogP contribution in [-0.4, -0.2) is 57.1 Å². The highest BCUT2D eigenvalue weighted by molar-refractivity contribution is 5.85. The summed E-state index contributed by atoms with van der Waals surface area (Å²) < 4.78 is 39.8. The number of carbonyl (C=O) groups excluding carboxylic acids is 2. The van der Waals surface area contributed by atoms with Crippen LogP contribution in [0.3, 0.4) is 0 Å². The number of nitrogens with zero attached hydrogens (tertiary/aromatic N) is 1. The Morgan fingerprint density at radius 1 is 1.12 bits per heavy atom. The van der Waals surface area contributed by atoms with Gasteiger partial charge in [0.2, 0.25) is 12.3 Å². The molecule has 1 aromatic carbocycles. The van der Waals surface area contributed by atoms with Crippen molar-refractivity contribution in [3.63, 3.8) is 0 Å². The van der Waals surface area contributed by atoms with Gasteiger partial charge in [0.25, 0.3) is 0 Å². The largest absolute Gasteiger partial charge is 0.497 e. The van der Waals surface area contributed by atoms with Crippen LogP contribution in [0.25, 0.3) is 0 Å². The Hall–Kier alpha value is -2.42. The molecule has 0 aromatic heterocycles. The Labute approximate surface area is 144 Å². The molecule has 0 bridgehead atoms.